The molecule has 0 spiro atoms. The minimum absolute atomic E-state index is 0.0857. The number of hydrogen-bond donors (Lipinski definition) is 2. The Morgan fingerprint density at radius 1 is 1.27 bits per heavy atom. The van der Waals surface area contributed by atoms with Crippen LogP contribution in [0.25, 0.3) is 0 Å². The van der Waals surface area contributed by atoms with Gasteiger partial charge in [0.05, 0.1) is 6.04 Å². The molecule has 26 heavy (non-hydrogen) atoms. The summed E-state index contributed by atoms with van der Waals surface area (Å²) in [6.45, 7) is 14.7. The molecule has 6 nitrogen and oxygen atoms in total. The van der Waals surface area contributed by atoms with Crippen molar-refractivity contribution in [1.82, 2.24) is 10.2 Å². The molecule has 1 fully saturated rings. The predicted octanol–water partition coefficient (Wildman–Crippen LogP) is 3.36. The SMILES string of the molecule is CCN(CC)c1ccc(NC(=O)NC2CC(=O)N(C(C)(C)C)C2)c(C)c1. The molecule has 2 N–H and O–H groups in total. The van der Waals surface area contributed by atoms with Gasteiger partial charge < -0.3 is 20.4 Å². The first-order valence-corrected chi connectivity index (χ1v) is 9.39. The summed E-state index contributed by atoms with van der Waals surface area (Å²) in [5, 5.41) is 5.83. The van der Waals surface area contributed by atoms with Crippen molar-refractivity contribution in [3.63, 3.8) is 0 Å². The van der Waals surface area contributed by atoms with Crippen LogP contribution in [0.2, 0.25) is 0 Å². The number of nitrogens with one attached hydrogen (secondary N) is 2. The van der Waals surface area contributed by atoms with Crippen LogP contribution in [0.5, 0.6) is 0 Å². The highest BCUT2D eigenvalue weighted by molar-refractivity contribution is 5.91. The molecule has 2 rings (SSSR count). The predicted molar refractivity (Wildman–Crippen MR) is 107 cm³/mol. The highest BCUT2D eigenvalue weighted by Crippen LogP contribution is 2.24. The number of benzene rings is 1. The van der Waals surface area contributed by atoms with Crippen molar-refractivity contribution < 1.29 is 9.59 Å². The number of urea groups is 1. The Kier molecular flexibility index (Phi) is 6.16. The summed E-state index contributed by atoms with van der Waals surface area (Å²) in [7, 11) is 0. The number of carbonyl (C=O) groups is 2. The smallest absolute Gasteiger partial charge is 0.319 e. The molecule has 1 aromatic carbocycles. The van der Waals surface area contributed by atoms with Gasteiger partial charge in [0.1, 0.15) is 0 Å². The summed E-state index contributed by atoms with van der Waals surface area (Å²) in [4.78, 5) is 28.6. The van der Waals surface area contributed by atoms with Crippen LogP contribution in [-0.4, -0.2) is 48.1 Å². The highest BCUT2D eigenvalue weighted by atomic mass is 16.2. The Balaban J connectivity index is 1.97. The number of rotatable bonds is 5. The Morgan fingerprint density at radius 3 is 2.42 bits per heavy atom. The van der Waals surface area contributed by atoms with Crippen LogP contribution < -0.4 is 15.5 Å². The van der Waals surface area contributed by atoms with Crippen molar-refractivity contribution in [2.45, 2.75) is 59.5 Å². The van der Waals surface area contributed by atoms with Gasteiger partial charge in [-0.2, -0.15) is 0 Å². The van der Waals surface area contributed by atoms with Crippen LogP contribution in [0.3, 0.4) is 0 Å². The molecule has 1 aliphatic heterocycles. The van der Waals surface area contributed by atoms with E-state index in [1.165, 1.54) is 0 Å². The Hall–Kier alpha value is -2.24. The maximum absolute atomic E-state index is 12.4. The lowest BCUT2D eigenvalue weighted by molar-refractivity contribution is -0.131. The van der Waals surface area contributed by atoms with E-state index in [0.29, 0.717) is 13.0 Å². The van der Waals surface area contributed by atoms with Gasteiger partial charge in [-0.15, -0.1) is 0 Å². The molecule has 1 aromatic rings. The molecule has 144 valence electrons. The standard InChI is InChI=1S/C20H32N4O2/c1-7-23(8-2)16-9-10-17(14(3)11-16)22-19(26)21-15-12-18(25)24(13-15)20(4,5)6/h9-11,15H,7-8,12-13H2,1-6H3,(H2,21,22,26). The maximum atomic E-state index is 12.4. The van der Waals surface area contributed by atoms with Crippen LogP contribution in [0.15, 0.2) is 18.2 Å². The first-order chi connectivity index (χ1) is 12.2. The van der Waals surface area contributed by atoms with Crippen LogP contribution in [0.4, 0.5) is 16.2 Å². The number of hydrogen-bond acceptors (Lipinski definition) is 3. The Labute approximate surface area is 156 Å². The average molecular weight is 361 g/mol. The summed E-state index contributed by atoms with van der Waals surface area (Å²) in [5.74, 6) is 0.0857. The zero-order chi connectivity index (χ0) is 19.5. The second-order valence-electron chi connectivity index (χ2n) is 7.85. The van der Waals surface area contributed by atoms with Gasteiger partial charge in [0.2, 0.25) is 5.91 Å². The van der Waals surface area contributed by atoms with Crippen molar-refractivity contribution in [2.75, 3.05) is 29.9 Å². The van der Waals surface area contributed by atoms with E-state index in [0.717, 1.165) is 30.0 Å². The summed E-state index contributed by atoms with van der Waals surface area (Å²) < 4.78 is 0. The van der Waals surface area contributed by atoms with Gasteiger partial charge in [-0.1, -0.05) is 0 Å². The number of nitrogens with zero attached hydrogens (tertiary/aromatic N) is 2. The maximum Gasteiger partial charge on any atom is 0.319 e. The fraction of sp³-hybridized carbons (Fsp3) is 0.600. The van der Waals surface area contributed by atoms with Gasteiger partial charge in [-0.05, 0) is 65.3 Å². The van der Waals surface area contributed by atoms with E-state index in [9.17, 15) is 9.59 Å². The molecule has 0 aromatic heterocycles. The first-order valence-electron chi connectivity index (χ1n) is 9.39. The highest BCUT2D eigenvalue weighted by Gasteiger charge is 2.36. The van der Waals surface area contributed by atoms with E-state index in [1.54, 1.807) is 0 Å². The molecular weight excluding hydrogens is 328 g/mol. The molecule has 0 radical (unpaired) electrons. The van der Waals surface area contributed by atoms with E-state index >= 15 is 0 Å². The summed E-state index contributed by atoms with van der Waals surface area (Å²) in [6, 6.07) is 5.62. The zero-order valence-electron chi connectivity index (χ0n) is 16.8. The lowest BCUT2D eigenvalue weighted by Crippen LogP contribution is -2.45. The third-order valence-electron chi connectivity index (χ3n) is 4.86. The van der Waals surface area contributed by atoms with E-state index in [4.69, 9.17) is 0 Å². The Morgan fingerprint density at radius 2 is 1.92 bits per heavy atom. The van der Waals surface area contributed by atoms with Crippen LogP contribution in [-0.2, 0) is 4.79 Å². The molecule has 1 unspecified atom stereocenters. The van der Waals surface area contributed by atoms with Gasteiger partial charge in [-0.3, -0.25) is 4.79 Å². The van der Waals surface area contributed by atoms with Gasteiger partial charge in [-0.25, -0.2) is 4.79 Å². The van der Waals surface area contributed by atoms with Gasteiger partial charge in [0, 0.05) is 43.0 Å². The number of aryl methyl sites for hydroxylation is 1. The molecule has 0 aliphatic carbocycles. The average Bonchev–Trinajstić information content (AvgIpc) is 2.91. The molecule has 0 bridgehead atoms. The topological polar surface area (TPSA) is 64.7 Å². The molecule has 1 atom stereocenters. The molecule has 6 heteroatoms. The number of likely N-dealkylation sites (tertiary alicyclic amines) is 1. The van der Waals surface area contributed by atoms with E-state index < -0.39 is 0 Å². The Bertz CT molecular complexity index is 662. The van der Waals surface area contributed by atoms with Gasteiger partial charge in [0.25, 0.3) is 0 Å². The summed E-state index contributed by atoms with van der Waals surface area (Å²) >= 11 is 0. The van der Waals surface area contributed by atoms with Crippen molar-refractivity contribution >= 4 is 23.3 Å². The molecule has 1 saturated heterocycles. The number of carbonyl (C=O) groups excluding carboxylic acids is 2. The van der Waals surface area contributed by atoms with Gasteiger partial charge >= 0.3 is 6.03 Å². The summed E-state index contributed by atoms with van der Waals surface area (Å²) in [6.07, 6.45) is 0.352. The quantitative estimate of drug-likeness (QED) is 0.846. The lowest BCUT2D eigenvalue weighted by Gasteiger charge is -2.32. The van der Waals surface area contributed by atoms with Crippen molar-refractivity contribution in [3.8, 4) is 0 Å². The molecular formula is C20H32N4O2. The molecule has 1 heterocycles. The lowest BCUT2D eigenvalue weighted by atomic mass is 10.1. The summed E-state index contributed by atoms with van der Waals surface area (Å²) in [5.41, 5.74) is 2.74. The fourth-order valence-electron chi connectivity index (χ4n) is 3.37. The van der Waals surface area contributed by atoms with Crippen molar-refractivity contribution in [1.29, 1.82) is 0 Å². The third kappa shape index (κ3) is 4.68. The van der Waals surface area contributed by atoms with E-state index in [-0.39, 0.29) is 23.5 Å². The van der Waals surface area contributed by atoms with Crippen LogP contribution in [0, 0.1) is 6.92 Å². The number of amides is 3. The largest absolute Gasteiger partial charge is 0.372 e. The van der Waals surface area contributed by atoms with Crippen LogP contribution in [0.1, 0.15) is 46.6 Å². The second-order valence-corrected chi connectivity index (χ2v) is 7.85. The van der Waals surface area contributed by atoms with Crippen molar-refractivity contribution in [3.05, 3.63) is 23.8 Å². The minimum atomic E-state index is -0.266. The van der Waals surface area contributed by atoms with Crippen molar-refractivity contribution in [2.24, 2.45) is 0 Å². The zero-order valence-corrected chi connectivity index (χ0v) is 16.8. The molecule has 3 amide bonds. The number of anilines is 2. The molecule has 0 saturated carbocycles. The van der Waals surface area contributed by atoms with Gasteiger partial charge in [0.15, 0.2) is 0 Å². The monoisotopic (exact) mass is 360 g/mol. The first kappa shape index (κ1) is 20.1. The van der Waals surface area contributed by atoms with E-state index in [1.807, 2.05) is 44.7 Å². The minimum Gasteiger partial charge on any atom is -0.372 e. The fourth-order valence-corrected chi connectivity index (χ4v) is 3.37. The van der Waals surface area contributed by atoms with Crippen LogP contribution >= 0.6 is 0 Å². The second kappa shape index (κ2) is 7.98. The van der Waals surface area contributed by atoms with E-state index in [2.05, 4.69) is 35.4 Å². The molecule has 1 aliphatic rings. The third-order valence-corrected chi connectivity index (χ3v) is 4.86. The normalized spacial score (nSPS) is 17.4.